The largest absolute Gasteiger partial charge is 0.122 e. The predicted molar refractivity (Wildman–Crippen MR) is 68.3 cm³/mol. The van der Waals surface area contributed by atoms with Gasteiger partial charge in [-0.15, -0.1) is 11.8 Å². The van der Waals surface area contributed by atoms with Gasteiger partial charge in [0.2, 0.25) is 0 Å². The van der Waals surface area contributed by atoms with Crippen molar-refractivity contribution in [2.45, 2.75) is 43.3 Å². The van der Waals surface area contributed by atoms with Crippen molar-refractivity contribution in [3.63, 3.8) is 0 Å². The average Bonchev–Trinajstić information content (AvgIpc) is 2.67. The van der Waals surface area contributed by atoms with Crippen LogP contribution in [0.1, 0.15) is 33.1 Å². The molecule has 1 saturated carbocycles. The lowest BCUT2D eigenvalue weighted by Crippen LogP contribution is -2.15. The van der Waals surface area contributed by atoms with E-state index in [4.69, 9.17) is 0 Å². The molecule has 2 atom stereocenters. The lowest BCUT2D eigenvalue weighted by Gasteiger charge is -2.22. The maximum Gasteiger partial charge on any atom is 0.0125 e. The molecule has 0 aliphatic heterocycles. The molecule has 1 aliphatic carbocycles. The minimum Gasteiger partial charge on any atom is -0.122 e. The first kappa shape index (κ1) is 11.1. The van der Waals surface area contributed by atoms with Gasteiger partial charge in [0.15, 0.2) is 0 Å². The van der Waals surface area contributed by atoms with E-state index in [2.05, 4.69) is 55.9 Å². The highest BCUT2D eigenvalue weighted by atomic mass is 32.2. The van der Waals surface area contributed by atoms with E-state index in [1.165, 1.54) is 24.2 Å². The standard InChI is InChI=1S/C14H20S/c1-11(2)13-9-6-10-14(13)15-12-7-4-3-5-8-12/h3-5,7-8,11,13-14H,6,9-10H2,1-2H3/t13-,14-/m1/s1. The molecule has 0 heterocycles. The summed E-state index contributed by atoms with van der Waals surface area (Å²) < 4.78 is 0. The van der Waals surface area contributed by atoms with Crippen LogP contribution in [0.4, 0.5) is 0 Å². The number of benzene rings is 1. The maximum absolute atomic E-state index is 2.37. The fraction of sp³-hybridized carbons (Fsp3) is 0.571. The zero-order valence-corrected chi connectivity index (χ0v) is 10.5. The minimum absolute atomic E-state index is 0.841. The summed E-state index contributed by atoms with van der Waals surface area (Å²) in [4.78, 5) is 1.44. The van der Waals surface area contributed by atoms with Crippen LogP contribution in [-0.2, 0) is 0 Å². The second-order valence-electron chi connectivity index (χ2n) is 4.81. The Labute approximate surface area is 97.5 Å². The molecule has 0 saturated heterocycles. The summed E-state index contributed by atoms with van der Waals surface area (Å²) in [7, 11) is 0. The van der Waals surface area contributed by atoms with Gasteiger partial charge in [-0.2, -0.15) is 0 Å². The third-order valence-electron chi connectivity index (χ3n) is 3.39. The number of hydrogen-bond acceptors (Lipinski definition) is 1. The summed E-state index contributed by atoms with van der Waals surface area (Å²) >= 11 is 2.09. The van der Waals surface area contributed by atoms with Crippen molar-refractivity contribution < 1.29 is 0 Å². The van der Waals surface area contributed by atoms with Gasteiger partial charge in [-0.25, -0.2) is 0 Å². The van der Waals surface area contributed by atoms with Crippen molar-refractivity contribution in [3.8, 4) is 0 Å². The summed E-state index contributed by atoms with van der Waals surface area (Å²) in [6, 6.07) is 10.8. The molecule has 0 nitrogen and oxygen atoms in total. The Kier molecular flexibility index (Phi) is 3.74. The van der Waals surface area contributed by atoms with Gasteiger partial charge in [-0.05, 0) is 36.8 Å². The summed E-state index contributed by atoms with van der Waals surface area (Å²) in [5.41, 5.74) is 0. The molecule has 1 heteroatoms. The van der Waals surface area contributed by atoms with Crippen LogP contribution in [0.3, 0.4) is 0 Å². The molecule has 0 radical (unpaired) electrons. The smallest absolute Gasteiger partial charge is 0.0125 e. The molecule has 1 aromatic rings. The van der Waals surface area contributed by atoms with Crippen LogP contribution in [0.5, 0.6) is 0 Å². The monoisotopic (exact) mass is 220 g/mol. The van der Waals surface area contributed by atoms with Crippen molar-refractivity contribution in [2.24, 2.45) is 11.8 Å². The van der Waals surface area contributed by atoms with Crippen LogP contribution in [0.25, 0.3) is 0 Å². The zero-order chi connectivity index (χ0) is 10.7. The highest BCUT2D eigenvalue weighted by Crippen LogP contribution is 2.42. The van der Waals surface area contributed by atoms with Gasteiger partial charge in [-0.1, -0.05) is 38.5 Å². The second-order valence-corrected chi connectivity index (χ2v) is 6.12. The molecule has 0 amide bonds. The fourth-order valence-corrected chi connectivity index (χ4v) is 4.11. The van der Waals surface area contributed by atoms with E-state index in [0.29, 0.717) is 0 Å². The van der Waals surface area contributed by atoms with E-state index < -0.39 is 0 Å². The molecular formula is C14H20S. The van der Waals surface area contributed by atoms with E-state index in [9.17, 15) is 0 Å². The first-order valence-corrected chi connectivity index (χ1v) is 6.87. The van der Waals surface area contributed by atoms with Gasteiger partial charge >= 0.3 is 0 Å². The molecule has 1 fully saturated rings. The van der Waals surface area contributed by atoms with Crippen LogP contribution < -0.4 is 0 Å². The Morgan fingerprint density at radius 1 is 1.13 bits per heavy atom. The molecular weight excluding hydrogens is 200 g/mol. The Bertz CT molecular complexity index is 291. The second kappa shape index (κ2) is 5.07. The van der Waals surface area contributed by atoms with Crippen LogP contribution in [0.15, 0.2) is 35.2 Å². The summed E-state index contributed by atoms with van der Waals surface area (Å²) in [6.45, 7) is 4.74. The fourth-order valence-electron chi connectivity index (χ4n) is 2.54. The van der Waals surface area contributed by atoms with E-state index in [0.717, 1.165) is 17.1 Å². The molecule has 0 N–H and O–H groups in total. The normalized spacial score (nSPS) is 26.1. The highest BCUT2D eigenvalue weighted by molar-refractivity contribution is 8.00. The molecule has 15 heavy (non-hydrogen) atoms. The van der Waals surface area contributed by atoms with Gasteiger partial charge in [0, 0.05) is 10.1 Å². The molecule has 2 rings (SSSR count). The quantitative estimate of drug-likeness (QED) is 0.717. The SMILES string of the molecule is CC(C)[C@H]1CCC[C@H]1Sc1ccccc1. The van der Waals surface area contributed by atoms with Gasteiger partial charge in [0.1, 0.15) is 0 Å². The van der Waals surface area contributed by atoms with E-state index >= 15 is 0 Å². The molecule has 0 unspecified atom stereocenters. The van der Waals surface area contributed by atoms with Gasteiger partial charge in [-0.3, -0.25) is 0 Å². The molecule has 1 aliphatic rings. The van der Waals surface area contributed by atoms with Crippen molar-refractivity contribution in [3.05, 3.63) is 30.3 Å². The van der Waals surface area contributed by atoms with Crippen molar-refractivity contribution in [1.82, 2.24) is 0 Å². The maximum atomic E-state index is 2.37. The first-order chi connectivity index (χ1) is 7.27. The van der Waals surface area contributed by atoms with Crippen LogP contribution in [0.2, 0.25) is 0 Å². The van der Waals surface area contributed by atoms with Gasteiger partial charge in [0.05, 0.1) is 0 Å². The first-order valence-electron chi connectivity index (χ1n) is 5.99. The van der Waals surface area contributed by atoms with Gasteiger partial charge < -0.3 is 0 Å². The summed E-state index contributed by atoms with van der Waals surface area (Å²) in [5.74, 6) is 1.77. The third-order valence-corrected chi connectivity index (χ3v) is 4.82. The molecule has 1 aromatic carbocycles. The summed E-state index contributed by atoms with van der Waals surface area (Å²) in [6.07, 6.45) is 4.26. The van der Waals surface area contributed by atoms with E-state index in [1.54, 1.807) is 0 Å². The highest BCUT2D eigenvalue weighted by Gasteiger charge is 2.29. The van der Waals surface area contributed by atoms with E-state index in [-0.39, 0.29) is 0 Å². The van der Waals surface area contributed by atoms with Crippen LogP contribution in [0, 0.1) is 11.8 Å². The Hall–Kier alpha value is -0.430. The van der Waals surface area contributed by atoms with Crippen molar-refractivity contribution in [1.29, 1.82) is 0 Å². The minimum atomic E-state index is 0.841. The number of thioether (sulfide) groups is 1. The lowest BCUT2D eigenvalue weighted by molar-refractivity contribution is 0.404. The Morgan fingerprint density at radius 3 is 2.53 bits per heavy atom. The summed E-state index contributed by atoms with van der Waals surface area (Å²) in [5, 5.41) is 0.854. The molecule has 0 aromatic heterocycles. The third kappa shape index (κ3) is 2.78. The van der Waals surface area contributed by atoms with Gasteiger partial charge in [0.25, 0.3) is 0 Å². The molecule has 0 bridgehead atoms. The topological polar surface area (TPSA) is 0 Å². The van der Waals surface area contributed by atoms with Crippen molar-refractivity contribution in [2.75, 3.05) is 0 Å². The predicted octanol–water partition coefficient (Wildman–Crippen LogP) is 4.60. The van der Waals surface area contributed by atoms with Crippen molar-refractivity contribution >= 4 is 11.8 Å². The van der Waals surface area contributed by atoms with Crippen LogP contribution in [-0.4, -0.2) is 5.25 Å². The number of rotatable bonds is 3. The number of hydrogen-bond donors (Lipinski definition) is 0. The van der Waals surface area contributed by atoms with Crippen LogP contribution >= 0.6 is 11.8 Å². The zero-order valence-electron chi connectivity index (χ0n) is 9.65. The Morgan fingerprint density at radius 2 is 1.87 bits per heavy atom. The van der Waals surface area contributed by atoms with E-state index in [1.807, 2.05) is 0 Å². The molecule has 82 valence electrons. The molecule has 0 spiro atoms. The lowest BCUT2D eigenvalue weighted by atomic mass is 9.94. The average molecular weight is 220 g/mol. The Balaban J connectivity index is 2.00.